The van der Waals surface area contributed by atoms with Gasteiger partial charge in [-0.25, -0.2) is 4.98 Å². The molecule has 25 heavy (non-hydrogen) atoms. The molecule has 0 aliphatic rings. The third-order valence-corrected chi connectivity index (χ3v) is 3.30. The van der Waals surface area contributed by atoms with E-state index < -0.39 is 17.6 Å². The third kappa shape index (κ3) is 5.33. The first kappa shape index (κ1) is 19.0. The number of nitrogens with one attached hydrogen (secondary N) is 1. The highest BCUT2D eigenvalue weighted by atomic mass is 35.5. The largest absolute Gasteiger partial charge is 0.489 e. The highest BCUT2D eigenvalue weighted by Gasteiger charge is 2.31. The van der Waals surface area contributed by atoms with Crippen LogP contribution in [0.5, 0.6) is 5.75 Å². The first-order valence-electron chi connectivity index (χ1n) is 7.07. The van der Waals surface area contributed by atoms with E-state index >= 15 is 0 Å². The summed E-state index contributed by atoms with van der Waals surface area (Å²) < 4.78 is 49.0. The van der Waals surface area contributed by atoms with Gasteiger partial charge in [-0.2, -0.15) is 13.2 Å². The molecule has 1 amide bonds. The van der Waals surface area contributed by atoms with Crippen LogP contribution in [0.4, 0.5) is 18.9 Å². The summed E-state index contributed by atoms with van der Waals surface area (Å²) in [5.41, 5.74) is -0.862. The van der Waals surface area contributed by atoms with Crippen molar-refractivity contribution in [1.82, 2.24) is 4.98 Å². The van der Waals surface area contributed by atoms with Gasteiger partial charge in [0.2, 0.25) is 0 Å². The molecule has 0 radical (unpaired) electrons. The van der Waals surface area contributed by atoms with Crippen LogP contribution >= 0.6 is 11.6 Å². The molecule has 1 N–H and O–H groups in total. The normalized spacial score (nSPS) is 11.2. The Morgan fingerprint density at radius 1 is 1.24 bits per heavy atom. The van der Waals surface area contributed by atoms with Gasteiger partial charge in [-0.1, -0.05) is 11.6 Å². The molecule has 5 nitrogen and oxygen atoms in total. The Labute approximate surface area is 146 Å². The lowest BCUT2D eigenvalue weighted by atomic mass is 10.1. The Bertz CT molecular complexity index is 754. The summed E-state index contributed by atoms with van der Waals surface area (Å²) in [5, 5.41) is 2.49. The van der Waals surface area contributed by atoms with Crippen LogP contribution in [0.25, 0.3) is 0 Å². The molecule has 0 atom stereocenters. The summed E-state index contributed by atoms with van der Waals surface area (Å²) in [6.07, 6.45) is -3.23. The maximum absolute atomic E-state index is 12.9. The number of aromatic nitrogens is 1. The second-order valence-corrected chi connectivity index (χ2v) is 5.26. The van der Waals surface area contributed by atoms with Gasteiger partial charge in [0.15, 0.2) is 0 Å². The SMILES string of the molecule is COCCOc1ccc(C(F)(F)F)cc1NC(=O)c1ccnc(Cl)c1. The standard InChI is InChI=1S/C16H14ClF3N2O3/c1-24-6-7-25-13-3-2-11(16(18,19)20)9-12(13)22-15(23)10-4-5-21-14(17)8-10/h2-5,8-9H,6-7H2,1H3,(H,22,23). The summed E-state index contributed by atoms with van der Waals surface area (Å²) >= 11 is 5.71. The number of halogens is 4. The average Bonchev–Trinajstić information content (AvgIpc) is 2.55. The van der Waals surface area contributed by atoms with Crippen molar-refractivity contribution in [1.29, 1.82) is 0 Å². The smallest absolute Gasteiger partial charge is 0.416 e. The molecule has 1 aromatic carbocycles. The van der Waals surface area contributed by atoms with E-state index in [9.17, 15) is 18.0 Å². The number of methoxy groups -OCH3 is 1. The van der Waals surface area contributed by atoms with Gasteiger partial charge in [0.05, 0.1) is 17.9 Å². The van der Waals surface area contributed by atoms with Gasteiger partial charge < -0.3 is 14.8 Å². The minimum atomic E-state index is -4.55. The van der Waals surface area contributed by atoms with Crippen molar-refractivity contribution in [2.24, 2.45) is 0 Å². The number of amides is 1. The Hall–Kier alpha value is -2.32. The quantitative estimate of drug-likeness (QED) is 0.612. The maximum Gasteiger partial charge on any atom is 0.416 e. The van der Waals surface area contributed by atoms with E-state index in [2.05, 4.69) is 10.3 Å². The van der Waals surface area contributed by atoms with E-state index in [1.165, 1.54) is 25.4 Å². The fraction of sp³-hybridized carbons (Fsp3) is 0.250. The van der Waals surface area contributed by atoms with Gasteiger partial charge >= 0.3 is 6.18 Å². The Balaban J connectivity index is 2.29. The molecular weight excluding hydrogens is 361 g/mol. The molecule has 0 fully saturated rings. The van der Waals surface area contributed by atoms with Crippen molar-refractivity contribution in [2.45, 2.75) is 6.18 Å². The highest BCUT2D eigenvalue weighted by molar-refractivity contribution is 6.29. The number of anilines is 1. The number of nitrogens with zero attached hydrogens (tertiary/aromatic N) is 1. The van der Waals surface area contributed by atoms with Gasteiger partial charge in [-0.15, -0.1) is 0 Å². The van der Waals surface area contributed by atoms with Crippen LogP contribution in [0, 0.1) is 0 Å². The van der Waals surface area contributed by atoms with Crippen molar-refractivity contribution in [3.8, 4) is 5.75 Å². The van der Waals surface area contributed by atoms with Gasteiger partial charge in [0.1, 0.15) is 17.5 Å². The summed E-state index contributed by atoms with van der Waals surface area (Å²) in [7, 11) is 1.46. The fourth-order valence-corrected chi connectivity index (χ4v) is 2.08. The van der Waals surface area contributed by atoms with Crippen LogP contribution in [-0.4, -0.2) is 31.2 Å². The first-order valence-corrected chi connectivity index (χ1v) is 7.45. The second-order valence-electron chi connectivity index (χ2n) is 4.87. The molecule has 134 valence electrons. The number of rotatable bonds is 6. The number of alkyl halides is 3. The molecular formula is C16H14ClF3N2O3. The predicted octanol–water partition coefficient (Wildman–Crippen LogP) is 4.03. The zero-order chi connectivity index (χ0) is 18.4. The first-order chi connectivity index (χ1) is 11.8. The number of pyridine rings is 1. The van der Waals surface area contributed by atoms with Crippen molar-refractivity contribution < 1.29 is 27.4 Å². The lowest BCUT2D eigenvalue weighted by Gasteiger charge is -2.15. The molecule has 0 spiro atoms. The molecule has 0 aliphatic carbocycles. The van der Waals surface area contributed by atoms with Crippen LogP contribution < -0.4 is 10.1 Å². The number of carbonyl (C=O) groups excluding carboxylic acids is 1. The van der Waals surface area contributed by atoms with Crippen molar-refractivity contribution in [2.75, 3.05) is 25.6 Å². The number of carbonyl (C=O) groups is 1. The van der Waals surface area contributed by atoms with Crippen LogP contribution in [0.3, 0.4) is 0 Å². The molecule has 0 aliphatic heterocycles. The van der Waals surface area contributed by atoms with Gasteiger partial charge in [-0.3, -0.25) is 4.79 Å². The van der Waals surface area contributed by atoms with E-state index in [4.69, 9.17) is 21.1 Å². The summed E-state index contributed by atoms with van der Waals surface area (Å²) in [6, 6.07) is 5.52. The topological polar surface area (TPSA) is 60.5 Å². The number of hydrogen-bond donors (Lipinski definition) is 1. The van der Waals surface area contributed by atoms with E-state index in [-0.39, 0.29) is 35.4 Å². The van der Waals surface area contributed by atoms with Crippen molar-refractivity contribution in [3.63, 3.8) is 0 Å². The van der Waals surface area contributed by atoms with Crippen molar-refractivity contribution in [3.05, 3.63) is 52.8 Å². The average molecular weight is 375 g/mol. The van der Waals surface area contributed by atoms with Crippen LogP contribution in [-0.2, 0) is 10.9 Å². The predicted molar refractivity (Wildman–Crippen MR) is 86.0 cm³/mol. The van der Waals surface area contributed by atoms with Crippen LogP contribution in [0.15, 0.2) is 36.5 Å². The molecule has 1 heterocycles. The van der Waals surface area contributed by atoms with E-state index in [1.54, 1.807) is 0 Å². The lowest BCUT2D eigenvalue weighted by Crippen LogP contribution is -2.15. The third-order valence-electron chi connectivity index (χ3n) is 3.09. The van der Waals surface area contributed by atoms with Crippen LogP contribution in [0.1, 0.15) is 15.9 Å². The molecule has 0 saturated heterocycles. The van der Waals surface area contributed by atoms with E-state index in [1.807, 2.05) is 0 Å². The number of ether oxygens (including phenoxy) is 2. The summed E-state index contributed by atoms with van der Waals surface area (Å²) in [4.78, 5) is 16.0. The molecule has 9 heteroatoms. The Morgan fingerprint density at radius 2 is 2.00 bits per heavy atom. The van der Waals surface area contributed by atoms with Crippen LogP contribution in [0.2, 0.25) is 5.15 Å². The minimum Gasteiger partial charge on any atom is -0.489 e. The molecule has 0 unspecified atom stereocenters. The molecule has 2 aromatic rings. The molecule has 0 bridgehead atoms. The highest BCUT2D eigenvalue weighted by Crippen LogP contribution is 2.35. The Kier molecular flexibility index (Phi) is 6.22. The van der Waals surface area contributed by atoms with Gasteiger partial charge in [-0.05, 0) is 30.3 Å². The van der Waals surface area contributed by atoms with E-state index in [0.717, 1.165) is 18.2 Å². The van der Waals surface area contributed by atoms with Gasteiger partial charge in [0, 0.05) is 18.9 Å². The molecule has 0 saturated carbocycles. The molecule has 1 aromatic heterocycles. The number of hydrogen-bond acceptors (Lipinski definition) is 4. The zero-order valence-corrected chi connectivity index (χ0v) is 13.8. The summed E-state index contributed by atoms with van der Waals surface area (Å²) in [5.74, 6) is -0.543. The Morgan fingerprint density at radius 3 is 2.64 bits per heavy atom. The fourth-order valence-electron chi connectivity index (χ4n) is 1.90. The monoisotopic (exact) mass is 374 g/mol. The zero-order valence-electron chi connectivity index (χ0n) is 13.1. The minimum absolute atomic E-state index is 0.0910. The number of benzene rings is 1. The second kappa shape index (κ2) is 8.17. The van der Waals surface area contributed by atoms with Crippen molar-refractivity contribution >= 4 is 23.2 Å². The van der Waals surface area contributed by atoms with Gasteiger partial charge in [0.25, 0.3) is 5.91 Å². The summed E-state index contributed by atoms with van der Waals surface area (Å²) in [6.45, 7) is 0.361. The molecule has 2 rings (SSSR count). The lowest BCUT2D eigenvalue weighted by molar-refractivity contribution is -0.137. The van der Waals surface area contributed by atoms with E-state index in [0.29, 0.717) is 0 Å². The maximum atomic E-state index is 12.9.